The second-order valence-electron chi connectivity index (χ2n) is 10.8. The summed E-state index contributed by atoms with van der Waals surface area (Å²) in [6.45, 7) is 5.85. The first-order chi connectivity index (χ1) is 20.0. The van der Waals surface area contributed by atoms with Gasteiger partial charge in [0, 0.05) is 36.0 Å². The van der Waals surface area contributed by atoms with Crippen LogP contribution in [0.2, 0.25) is 5.02 Å². The Morgan fingerprint density at radius 2 is 1.95 bits per heavy atom. The third kappa shape index (κ3) is 5.99. The standard InChI is InChI=1S/C30H33ClF2N6O2S/c1-17(2)39-29-22(19-8-11-21(12-9-19)35-15-18(3)32)16-36-30(34)27(29)28(37-39)20-10-13-25(24(33)14-20)38-42(40,41)26-7-5-4-6-23(26)31/h4-8,10,13-14,16-18,21,35,38H,9,11-12,15H2,1-3H3,(H2,34,36)/t18-,21-/m0/s1. The molecule has 5 rings (SSSR count). The molecule has 222 valence electrons. The number of nitrogens with two attached hydrogens (primary N) is 1. The molecule has 0 radical (unpaired) electrons. The zero-order chi connectivity index (χ0) is 30.2. The highest BCUT2D eigenvalue weighted by Gasteiger charge is 2.25. The number of allylic oxidation sites excluding steroid dienone is 1. The normalized spacial score (nSPS) is 16.5. The number of pyridine rings is 1. The van der Waals surface area contributed by atoms with Gasteiger partial charge in [-0.05, 0) is 69.9 Å². The molecule has 0 saturated heterocycles. The quantitative estimate of drug-likeness (QED) is 0.192. The largest absolute Gasteiger partial charge is 0.383 e. The SMILES string of the molecule is CC(C)n1nc(-c2ccc(NS(=O)(=O)c3ccccc3Cl)c(F)c2)c2c(N)ncc(C3=CC[C@H](NC[C@H](C)F)CC3)c21. The van der Waals surface area contributed by atoms with Gasteiger partial charge in [-0.25, -0.2) is 22.2 Å². The number of benzene rings is 2. The summed E-state index contributed by atoms with van der Waals surface area (Å²) in [5.41, 5.74) is 9.83. The van der Waals surface area contributed by atoms with Crippen molar-refractivity contribution < 1.29 is 17.2 Å². The van der Waals surface area contributed by atoms with Crippen LogP contribution in [0.4, 0.5) is 20.3 Å². The van der Waals surface area contributed by atoms with E-state index in [0.29, 0.717) is 23.2 Å². The summed E-state index contributed by atoms with van der Waals surface area (Å²) < 4.78 is 58.6. The van der Waals surface area contributed by atoms with Gasteiger partial charge in [-0.1, -0.05) is 35.9 Å². The molecular weight excluding hydrogens is 582 g/mol. The predicted molar refractivity (Wildman–Crippen MR) is 164 cm³/mol. The minimum atomic E-state index is -4.12. The van der Waals surface area contributed by atoms with E-state index in [4.69, 9.17) is 22.4 Å². The van der Waals surface area contributed by atoms with Crippen molar-refractivity contribution >= 4 is 49.6 Å². The number of rotatable bonds is 9. The second kappa shape index (κ2) is 12.0. The number of nitrogens with zero attached hydrogens (tertiary/aromatic N) is 3. The lowest BCUT2D eigenvalue weighted by Gasteiger charge is -2.24. The molecule has 0 aliphatic heterocycles. The Balaban J connectivity index is 1.52. The lowest BCUT2D eigenvalue weighted by Crippen LogP contribution is -2.34. The number of halogens is 3. The molecule has 2 heterocycles. The molecule has 0 spiro atoms. The number of anilines is 2. The molecule has 2 aromatic carbocycles. The first-order valence-electron chi connectivity index (χ1n) is 13.8. The highest BCUT2D eigenvalue weighted by atomic mass is 35.5. The van der Waals surface area contributed by atoms with Crippen molar-refractivity contribution in [2.24, 2.45) is 0 Å². The Hall–Kier alpha value is -3.54. The van der Waals surface area contributed by atoms with Crippen LogP contribution in [0.15, 0.2) is 59.6 Å². The number of fused-ring (bicyclic) bond motifs is 1. The van der Waals surface area contributed by atoms with E-state index >= 15 is 4.39 Å². The third-order valence-electron chi connectivity index (χ3n) is 7.30. The minimum Gasteiger partial charge on any atom is -0.383 e. The molecule has 0 unspecified atom stereocenters. The Morgan fingerprint density at radius 1 is 1.19 bits per heavy atom. The first kappa shape index (κ1) is 29.9. The lowest BCUT2D eigenvalue weighted by atomic mass is 9.90. The molecule has 0 amide bonds. The molecule has 4 N–H and O–H groups in total. The smallest absolute Gasteiger partial charge is 0.263 e. The molecule has 2 aromatic heterocycles. The van der Waals surface area contributed by atoms with Crippen molar-refractivity contribution in [2.75, 3.05) is 17.0 Å². The summed E-state index contributed by atoms with van der Waals surface area (Å²) in [4.78, 5) is 4.32. The van der Waals surface area contributed by atoms with Gasteiger partial charge in [-0.15, -0.1) is 0 Å². The van der Waals surface area contributed by atoms with Crippen LogP contribution in [-0.4, -0.2) is 41.9 Å². The van der Waals surface area contributed by atoms with Crippen LogP contribution in [0.1, 0.15) is 51.6 Å². The average Bonchev–Trinajstić information content (AvgIpc) is 3.36. The van der Waals surface area contributed by atoms with E-state index in [1.807, 2.05) is 18.5 Å². The molecule has 4 aromatic rings. The first-order valence-corrected chi connectivity index (χ1v) is 15.6. The molecule has 8 nitrogen and oxygen atoms in total. The topological polar surface area (TPSA) is 115 Å². The highest BCUT2D eigenvalue weighted by Crippen LogP contribution is 2.40. The van der Waals surface area contributed by atoms with Gasteiger partial charge >= 0.3 is 0 Å². The summed E-state index contributed by atoms with van der Waals surface area (Å²) in [5.74, 6) is -0.526. The van der Waals surface area contributed by atoms with Crippen LogP contribution in [0.25, 0.3) is 27.7 Å². The fourth-order valence-corrected chi connectivity index (χ4v) is 6.79. The summed E-state index contributed by atoms with van der Waals surface area (Å²) in [6, 6.07) is 10.3. The molecule has 2 atom stereocenters. The predicted octanol–water partition coefficient (Wildman–Crippen LogP) is 6.74. The van der Waals surface area contributed by atoms with Crippen LogP contribution in [0.5, 0.6) is 0 Å². The lowest BCUT2D eigenvalue weighted by molar-refractivity contribution is 0.323. The molecule has 42 heavy (non-hydrogen) atoms. The van der Waals surface area contributed by atoms with Crippen molar-refractivity contribution in [2.45, 2.75) is 63.2 Å². The van der Waals surface area contributed by atoms with Gasteiger partial charge in [0.2, 0.25) is 0 Å². The van der Waals surface area contributed by atoms with Crippen LogP contribution in [0, 0.1) is 5.82 Å². The molecule has 0 saturated carbocycles. The number of alkyl halides is 1. The Kier molecular flexibility index (Phi) is 8.54. The zero-order valence-electron chi connectivity index (χ0n) is 23.5. The summed E-state index contributed by atoms with van der Waals surface area (Å²) in [5, 5.41) is 8.73. The van der Waals surface area contributed by atoms with E-state index in [1.165, 1.54) is 37.3 Å². The van der Waals surface area contributed by atoms with Gasteiger partial charge in [-0.2, -0.15) is 5.10 Å². The fourth-order valence-electron chi connectivity index (χ4n) is 5.21. The Morgan fingerprint density at radius 3 is 2.60 bits per heavy atom. The molecule has 12 heteroatoms. The number of aromatic nitrogens is 3. The Labute approximate surface area is 249 Å². The van der Waals surface area contributed by atoms with Crippen molar-refractivity contribution in [3.8, 4) is 11.3 Å². The van der Waals surface area contributed by atoms with Gasteiger partial charge < -0.3 is 11.1 Å². The van der Waals surface area contributed by atoms with Gasteiger partial charge in [0.1, 0.15) is 28.4 Å². The third-order valence-corrected chi connectivity index (χ3v) is 9.17. The van der Waals surface area contributed by atoms with E-state index < -0.39 is 22.0 Å². The zero-order valence-corrected chi connectivity index (χ0v) is 25.1. The molecular formula is C30H33ClF2N6O2S. The minimum absolute atomic E-state index is 0.0284. The highest BCUT2D eigenvalue weighted by molar-refractivity contribution is 7.92. The summed E-state index contributed by atoms with van der Waals surface area (Å²) in [7, 11) is -4.12. The van der Waals surface area contributed by atoms with Crippen LogP contribution >= 0.6 is 11.6 Å². The number of sulfonamides is 1. The van der Waals surface area contributed by atoms with Crippen molar-refractivity contribution in [3.63, 3.8) is 0 Å². The maximum Gasteiger partial charge on any atom is 0.263 e. The monoisotopic (exact) mass is 614 g/mol. The number of hydrogen-bond acceptors (Lipinski definition) is 6. The maximum atomic E-state index is 15.4. The molecule has 0 fully saturated rings. The fraction of sp³-hybridized carbons (Fsp3) is 0.333. The van der Waals surface area contributed by atoms with Crippen LogP contribution in [-0.2, 0) is 10.0 Å². The molecule has 1 aliphatic carbocycles. The number of hydrogen-bond donors (Lipinski definition) is 3. The van der Waals surface area contributed by atoms with Gasteiger partial charge in [0.25, 0.3) is 10.0 Å². The maximum absolute atomic E-state index is 15.4. The van der Waals surface area contributed by atoms with E-state index in [1.54, 1.807) is 18.3 Å². The number of nitrogen functional groups attached to an aromatic ring is 1. The number of nitrogens with one attached hydrogen (secondary N) is 2. The van der Waals surface area contributed by atoms with E-state index in [0.717, 1.165) is 35.9 Å². The van der Waals surface area contributed by atoms with Crippen molar-refractivity contribution in [1.29, 1.82) is 0 Å². The van der Waals surface area contributed by atoms with E-state index in [9.17, 15) is 12.8 Å². The molecule has 0 bridgehead atoms. The average molecular weight is 615 g/mol. The van der Waals surface area contributed by atoms with Gasteiger partial charge in [0.05, 0.1) is 21.6 Å². The Bertz CT molecular complexity index is 1770. The van der Waals surface area contributed by atoms with E-state index in [2.05, 4.69) is 21.1 Å². The van der Waals surface area contributed by atoms with Crippen molar-refractivity contribution in [1.82, 2.24) is 20.1 Å². The van der Waals surface area contributed by atoms with Gasteiger partial charge in [-0.3, -0.25) is 9.40 Å². The van der Waals surface area contributed by atoms with Crippen molar-refractivity contribution in [3.05, 3.63) is 71.1 Å². The molecule has 1 aliphatic rings. The van der Waals surface area contributed by atoms with Crippen LogP contribution < -0.4 is 15.8 Å². The summed E-state index contributed by atoms with van der Waals surface area (Å²) >= 11 is 6.06. The van der Waals surface area contributed by atoms with Gasteiger partial charge in [0.15, 0.2) is 0 Å². The summed E-state index contributed by atoms with van der Waals surface area (Å²) in [6.07, 6.45) is 5.37. The van der Waals surface area contributed by atoms with Crippen LogP contribution in [0.3, 0.4) is 0 Å². The van der Waals surface area contributed by atoms with E-state index in [-0.39, 0.29) is 33.5 Å². The second-order valence-corrected chi connectivity index (χ2v) is 12.8.